The quantitative estimate of drug-likeness (QED) is 0.520. The predicted molar refractivity (Wildman–Crippen MR) is 128 cm³/mol. The molecule has 0 radical (unpaired) electrons. The Kier molecular flexibility index (Phi) is 8.54. The minimum absolute atomic E-state index is 0.110. The van der Waals surface area contributed by atoms with Gasteiger partial charge in [-0.1, -0.05) is 30.3 Å². The number of hydrogen-bond acceptors (Lipinski definition) is 7. The van der Waals surface area contributed by atoms with Crippen molar-refractivity contribution in [3.8, 4) is 0 Å². The summed E-state index contributed by atoms with van der Waals surface area (Å²) in [7, 11) is -2.02. The van der Waals surface area contributed by atoms with Crippen molar-refractivity contribution in [1.82, 2.24) is 18.9 Å². The molecule has 1 aliphatic rings. The van der Waals surface area contributed by atoms with Gasteiger partial charge in [0.1, 0.15) is 17.9 Å². The van der Waals surface area contributed by atoms with Crippen molar-refractivity contribution in [3.63, 3.8) is 0 Å². The molecule has 0 saturated carbocycles. The van der Waals surface area contributed by atoms with Crippen molar-refractivity contribution in [1.29, 1.82) is 0 Å². The number of amides is 2. The predicted octanol–water partition coefficient (Wildman–Crippen LogP) is 0.433. The molecule has 3 N–H and O–H groups in total. The van der Waals surface area contributed by atoms with Crippen LogP contribution in [0.1, 0.15) is 18.9 Å². The Morgan fingerprint density at radius 2 is 1.94 bits per heavy atom. The van der Waals surface area contributed by atoms with Crippen LogP contribution in [0, 0.1) is 0 Å². The molecule has 2 atom stereocenters. The second-order valence-electron chi connectivity index (χ2n) is 8.05. The Morgan fingerprint density at radius 3 is 2.58 bits per heavy atom. The minimum Gasteiger partial charge on any atom is -0.368 e. The lowest BCUT2D eigenvalue weighted by Crippen LogP contribution is -2.57. The molecule has 1 fully saturated rings. The molecule has 33 heavy (non-hydrogen) atoms. The van der Waals surface area contributed by atoms with Gasteiger partial charge < -0.3 is 10.6 Å². The molecular weight excluding hydrogens is 464 g/mol. The summed E-state index contributed by atoms with van der Waals surface area (Å²) >= 11 is 1.26. The number of anilines is 1. The van der Waals surface area contributed by atoms with Gasteiger partial charge >= 0.3 is 0 Å². The first kappa shape index (κ1) is 25.2. The highest BCUT2D eigenvalue weighted by atomic mass is 32.2. The van der Waals surface area contributed by atoms with Crippen LogP contribution in [0.15, 0.2) is 41.2 Å². The molecule has 0 unspecified atom stereocenters. The van der Waals surface area contributed by atoms with Crippen molar-refractivity contribution in [2.75, 3.05) is 38.1 Å². The van der Waals surface area contributed by atoms with E-state index in [-0.39, 0.29) is 12.2 Å². The normalized spacial score (nSPS) is 17.8. The largest absolute Gasteiger partial charge is 0.368 e. The van der Waals surface area contributed by atoms with Crippen LogP contribution in [0.2, 0.25) is 0 Å². The fourth-order valence-corrected chi connectivity index (χ4v) is 5.58. The monoisotopic (exact) mass is 494 g/mol. The molecule has 0 bridgehead atoms. The summed E-state index contributed by atoms with van der Waals surface area (Å²) in [6, 6.07) is 6.96. The van der Waals surface area contributed by atoms with E-state index in [1.165, 1.54) is 33.0 Å². The highest BCUT2D eigenvalue weighted by molar-refractivity contribution is 7.87. The lowest BCUT2D eigenvalue weighted by atomic mass is 10.0. The van der Waals surface area contributed by atoms with E-state index in [9.17, 15) is 18.0 Å². The van der Waals surface area contributed by atoms with Crippen LogP contribution in [-0.4, -0.2) is 79.7 Å². The number of likely N-dealkylation sites (N-methyl/N-ethyl adjacent to an activating group) is 1. The average Bonchev–Trinajstić information content (AvgIpc) is 3.20. The minimum atomic E-state index is -3.97. The number of carbonyl (C=O) groups excluding carboxylic acids is 2. The molecule has 1 saturated heterocycles. The Balaban J connectivity index is 1.92. The van der Waals surface area contributed by atoms with E-state index >= 15 is 0 Å². The summed E-state index contributed by atoms with van der Waals surface area (Å²) in [6.45, 7) is 3.58. The maximum atomic E-state index is 13.7. The number of benzene rings is 1. The van der Waals surface area contributed by atoms with E-state index < -0.39 is 34.1 Å². The molecule has 1 aromatic carbocycles. The third kappa shape index (κ3) is 6.58. The van der Waals surface area contributed by atoms with E-state index in [4.69, 9.17) is 5.73 Å². The highest BCUT2D eigenvalue weighted by Gasteiger charge is 2.36. The molecule has 10 nitrogen and oxygen atoms in total. The van der Waals surface area contributed by atoms with Gasteiger partial charge in [-0.25, -0.2) is 4.98 Å². The van der Waals surface area contributed by atoms with E-state index in [1.54, 1.807) is 5.38 Å². The smallest absolute Gasteiger partial charge is 0.280 e. The number of carbonyl (C=O) groups is 2. The standard InChI is InChI=1S/C21H30N6O4S2/c1-16(20(22)28)27(19-14-32-15-23-19)21(29)18(13-17-7-4-3-5-8-17)24-33(30,31)26-10-6-9-25(2)11-12-26/h3-5,7-8,14-16,18,24H,6,9-13H2,1-2H3,(H2,22,28)/t16-,18-/m0/s1. The van der Waals surface area contributed by atoms with E-state index in [0.29, 0.717) is 26.1 Å². The molecule has 1 aromatic heterocycles. The van der Waals surface area contributed by atoms with Gasteiger partial charge in [-0.15, -0.1) is 11.3 Å². The Bertz CT molecular complexity index is 1030. The maximum absolute atomic E-state index is 13.7. The topological polar surface area (TPSA) is 129 Å². The number of aromatic nitrogens is 1. The van der Waals surface area contributed by atoms with E-state index in [0.717, 1.165) is 12.1 Å². The molecule has 0 spiro atoms. The third-order valence-electron chi connectivity index (χ3n) is 5.59. The molecule has 2 heterocycles. The zero-order chi connectivity index (χ0) is 24.0. The first-order valence-corrected chi connectivity index (χ1v) is 13.1. The van der Waals surface area contributed by atoms with Gasteiger partial charge in [0, 0.05) is 25.0 Å². The summed E-state index contributed by atoms with van der Waals surface area (Å²) in [5, 5.41) is 1.62. The summed E-state index contributed by atoms with van der Waals surface area (Å²) in [6.07, 6.45) is 0.803. The first-order valence-electron chi connectivity index (χ1n) is 10.7. The molecule has 180 valence electrons. The second kappa shape index (κ2) is 11.2. The molecule has 12 heteroatoms. The van der Waals surface area contributed by atoms with Gasteiger partial charge in [0.15, 0.2) is 0 Å². The van der Waals surface area contributed by atoms with Crippen LogP contribution in [0.5, 0.6) is 0 Å². The van der Waals surface area contributed by atoms with Crippen LogP contribution in [-0.2, 0) is 26.2 Å². The highest BCUT2D eigenvalue weighted by Crippen LogP contribution is 2.20. The number of primary amides is 1. The third-order valence-corrected chi connectivity index (χ3v) is 7.79. The SMILES string of the molecule is C[C@@H](C(N)=O)N(C(=O)[C@H](Cc1ccccc1)NS(=O)(=O)N1CCCN(C)CC1)c1cscn1. The summed E-state index contributed by atoms with van der Waals surface area (Å²) in [5.41, 5.74) is 7.81. The summed E-state index contributed by atoms with van der Waals surface area (Å²) < 4.78 is 30.5. The van der Waals surface area contributed by atoms with Crippen LogP contribution in [0.4, 0.5) is 5.82 Å². The maximum Gasteiger partial charge on any atom is 0.280 e. The van der Waals surface area contributed by atoms with Gasteiger partial charge in [-0.3, -0.25) is 14.5 Å². The number of nitrogens with one attached hydrogen (secondary N) is 1. The van der Waals surface area contributed by atoms with Crippen molar-refractivity contribution in [3.05, 3.63) is 46.8 Å². The number of nitrogens with two attached hydrogens (primary N) is 1. The van der Waals surface area contributed by atoms with Crippen LogP contribution >= 0.6 is 11.3 Å². The van der Waals surface area contributed by atoms with Gasteiger partial charge in [0.2, 0.25) is 11.8 Å². The van der Waals surface area contributed by atoms with Crippen LogP contribution < -0.4 is 15.4 Å². The zero-order valence-corrected chi connectivity index (χ0v) is 20.4. The number of hydrogen-bond donors (Lipinski definition) is 2. The van der Waals surface area contributed by atoms with Crippen LogP contribution in [0.25, 0.3) is 0 Å². The summed E-state index contributed by atoms with van der Waals surface area (Å²) in [5.74, 6) is -1.05. The van der Waals surface area contributed by atoms with Crippen molar-refractivity contribution in [2.24, 2.45) is 5.73 Å². The Hall–Kier alpha value is -2.38. The lowest BCUT2D eigenvalue weighted by molar-refractivity contribution is -0.125. The second-order valence-corrected chi connectivity index (χ2v) is 10.5. The number of rotatable bonds is 9. The fourth-order valence-electron chi connectivity index (χ4n) is 3.67. The van der Waals surface area contributed by atoms with Gasteiger partial charge in [0.05, 0.1) is 5.51 Å². The molecule has 0 aliphatic carbocycles. The van der Waals surface area contributed by atoms with E-state index in [1.807, 2.05) is 37.4 Å². The Labute approximate surface area is 198 Å². The number of nitrogens with zero attached hydrogens (tertiary/aromatic N) is 4. The molecule has 2 aromatic rings. The molecule has 3 rings (SSSR count). The van der Waals surface area contributed by atoms with Crippen LogP contribution in [0.3, 0.4) is 0 Å². The van der Waals surface area contributed by atoms with E-state index in [2.05, 4.69) is 14.6 Å². The van der Waals surface area contributed by atoms with Crippen molar-refractivity contribution < 1.29 is 18.0 Å². The summed E-state index contributed by atoms with van der Waals surface area (Å²) in [4.78, 5) is 33.1. The first-order chi connectivity index (χ1) is 15.7. The van der Waals surface area contributed by atoms with Crippen molar-refractivity contribution in [2.45, 2.75) is 31.8 Å². The van der Waals surface area contributed by atoms with Gasteiger partial charge in [-0.2, -0.15) is 17.4 Å². The molecule has 2 amide bonds. The number of thiazole rings is 1. The average molecular weight is 495 g/mol. The van der Waals surface area contributed by atoms with Gasteiger partial charge in [0.25, 0.3) is 10.2 Å². The zero-order valence-electron chi connectivity index (χ0n) is 18.8. The lowest BCUT2D eigenvalue weighted by Gasteiger charge is -2.31. The molecule has 1 aliphatic heterocycles. The fraction of sp³-hybridized carbons (Fsp3) is 0.476. The van der Waals surface area contributed by atoms with Gasteiger partial charge in [-0.05, 0) is 38.9 Å². The van der Waals surface area contributed by atoms with Crippen molar-refractivity contribution >= 4 is 39.2 Å². The molecular formula is C21H30N6O4S2. The Morgan fingerprint density at radius 1 is 1.21 bits per heavy atom.